The van der Waals surface area contributed by atoms with Gasteiger partial charge in [-0.25, -0.2) is 8.78 Å². The van der Waals surface area contributed by atoms with Gasteiger partial charge in [0.15, 0.2) is 0 Å². The number of nitro groups is 1. The van der Waals surface area contributed by atoms with Crippen LogP contribution in [0.25, 0.3) is 10.9 Å². The van der Waals surface area contributed by atoms with Crippen LogP contribution in [0.1, 0.15) is 23.2 Å². The van der Waals surface area contributed by atoms with Crippen molar-refractivity contribution in [3.8, 4) is 0 Å². The van der Waals surface area contributed by atoms with E-state index in [0.717, 1.165) is 35.7 Å². The SMILES string of the molecule is CN(Cc1ccc([N+](=O)[O-])cc1Cl)C1CCc2[nH]c3c(F)cc(F)cc3c2C1. The first-order chi connectivity index (χ1) is 13.3. The van der Waals surface area contributed by atoms with E-state index >= 15 is 0 Å². The quantitative estimate of drug-likeness (QED) is 0.491. The molecule has 0 aliphatic heterocycles. The van der Waals surface area contributed by atoms with E-state index in [1.165, 1.54) is 18.2 Å². The Labute approximate surface area is 165 Å². The Bertz CT molecular complexity index is 1080. The number of nitro benzene ring substituents is 1. The van der Waals surface area contributed by atoms with Gasteiger partial charge in [0, 0.05) is 41.9 Å². The van der Waals surface area contributed by atoms with Crippen LogP contribution in [0.4, 0.5) is 14.5 Å². The maximum atomic E-state index is 14.1. The monoisotopic (exact) mass is 405 g/mol. The van der Waals surface area contributed by atoms with Crippen LogP contribution < -0.4 is 0 Å². The summed E-state index contributed by atoms with van der Waals surface area (Å²) in [6.45, 7) is 0.530. The highest BCUT2D eigenvalue weighted by Gasteiger charge is 2.27. The minimum Gasteiger partial charge on any atom is -0.356 e. The van der Waals surface area contributed by atoms with E-state index in [-0.39, 0.29) is 11.7 Å². The molecule has 146 valence electrons. The maximum Gasteiger partial charge on any atom is 0.270 e. The first kappa shape index (κ1) is 18.8. The number of halogens is 3. The molecule has 1 unspecified atom stereocenters. The topological polar surface area (TPSA) is 62.2 Å². The number of nitrogens with zero attached hydrogens (tertiary/aromatic N) is 2. The zero-order chi connectivity index (χ0) is 20.0. The number of nitrogens with one attached hydrogen (secondary N) is 1. The molecule has 1 N–H and O–H groups in total. The second kappa shape index (κ2) is 7.14. The van der Waals surface area contributed by atoms with Gasteiger partial charge in [0.05, 0.1) is 15.5 Å². The van der Waals surface area contributed by atoms with Crippen LogP contribution in [0, 0.1) is 21.7 Å². The van der Waals surface area contributed by atoms with Gasteiger partial charge in [-0.1, -0.05) is 11.6 Å². The molecule has 4 rings (SSSR count). The summed E-state index contributed by atoms with van der Waals surface area (Å²) in [6, 6.07) is 6.91. The molecule has 1 atom stereocenters. The number of hydrogen-bond donors (Lipinski definition) is 1. The number of aromatic amines is 1. The van der Waals surface area contributed by atoms with E-state index in [1.54, 1.807) is 6.07 Å². The molecule has 5 nitrogen and oxygen atoms in total. The van der Waals surface area contributed by atoms with Crippen molar-refractivity contribution in [3.63, 3.8) is 0 Å². The van der Waals surface area contributed by atoms with Crippen LogP contribution >= 0.6 is 11.6 Å². The second-order valence-electron chi connectivity index (χ2n) is 7.24. The predicted octanol–water partition coefficient (Wildman–Crippen LogP) is 5.00. The van der Waals surface area contributed by atoms with E-state index in [1.807, 2.05) is 7.05 Å². The third-order valence-electron chi connectivity index (χ3n) is 5.48. The lowest BCUT2D eigenvalue weighted by molar-refractivity contribution is -0.384. The Hall–Kier alpha value is -2.51. The van der Waals surface area contributed by atoms with Gasteiger partial charge in [-0.2, -0.15) is 0 Å². The molecular formula is C20H18ClF2N3O2. The van der Waals surface area contributed by atoms with Crippen LogP contribution in [0.5, 0.6) is 0 Å². The van der Waals surface area contributed by atoms with Gasteiger partial charge >= 0.3 is 0 Å². The molecule has 1 aromatic heterocycles. The lowest BCUT2D eigenvalue weighted by Crippen LogP contribution is -2.36. The smallest absolute Gasteiger partial charge is 0.270 e. The van der Waals surface area contributed by atoms with Crippen molar-refractivity contribution in [1.29, 1.82) is 0 Å². The van der Waals surface area contributed by atoms with Gasteiger partial charge < -0.3 is 4.98 Å². The maximum absolute atomic E-state index is 14.1. The van der Waals surface area contributed by atoms with Crippen molar-refractivity contribution < 1.29 is 13.7 Å². The highest BCUT2D eigenvalue weighted by atomic mass is 35.5. The van der Waals surface area contributed by atoms with Crippen LogP contribution in [-0.2, 0) is 19.4 Å². The Morgan fingerprint density at radius 1 is 1.32 bits per heavy atom. The highest BCUT2D eigenvalue weighted by Crippen LogP contribution is 2.33. The lowest BCUT2D eigenvalue weighted by Gasteiger charge is -2.31. The summed E-state index contributed by atoms with van der Waals surface area (Å²) in [5.74, 6) is -1.16. The summed E-state index contributed by atoms with van der Waals surface area (Å²) in [7, 11) is 1.96. The number of benzene rings is 2. The van der Waals surface area contributed by atoms with Gasteiger partial charge in [-0.05, 0) is 49.6 Å². The number of non-ortho nitro benzene ring substituents is 1. The van der Waals surface area contributed by atoms with Gasteiger partial charge in [0.1, 0.15) is 11.6 Å². The number of likely N-dealkylation sites (N-methyl/N-ethyl adjacent to an activating group) is 1. The largest absolute Gasteiger partial charge is 0.356 e. The van der Waals surface area contributed by atoms with Gasteiger partial charge in [-0.3, -0.25) is 15.0 Å². The Morgan fingerprint density at radius 2 is 2.11 bits per heavy atom. The molecule has 0 radical (unpaired) electrons. The minimum absolute atomic E-state index is 0.0402. The summed E-state index contributed by atoms with van der Waals surface area (Å²) in [6.07, 6.45) is 2.28. The Balaban J connectivity index is 1.56. The fraction of sp³-hybridized carbons (Fsp3) is 0.300. The number of H-pyrrole nitrogens is 1. The first-order valence-electron chi connectivity index (χ1n) is 8.95. The van der Waals surface area contributed by atoms with Crippen molar-refractivity contribution >= 4 is 28.2 Å². The van der Waals surface area contributed by atoms with Crippen molar-refractivity contribution in [3.05, 3.63) is 73.9 Å². The summed E-state index contributed by atoms with van der Waals surface area (Å²) < 4.78 is 27.8. The fourth-order valence-electron chi connectivity index (χ4n) is 3.97. The molecule has 0 saturated carbocycles. The van der Waals surface area contributed by atoms with Gasteiger partial charge in [0.2, 0.25) is 0 Å². The zero-order valence-electron chi connectivity index (χ0n) is 15.1. The average molecular weight is 406 g/mol. The predicted molar refractivity (Wildman–Crippen MR) is 104 cm³/mol. The molecular weight excluding hydrogens is 388 g/mol. The molecule has 1 aliphatic carbocycles. The number of rotatable bonds is 4. The third kappa shape index (κ3) is 3.36. The lowest BCUT2D eigenvalue weighted by atomic mass is 9.90. The molecule has 1 heterocycles. The van der Waals surface area contributed by atoms with E-state index in [0.29, 0.717) is 28.9 Å². The molecule has 8 heteroatoms. The minimum atomic E-state index is -0.583. The molecule has 3 aromatic rings. The molecule has 2 aromatic carbocycles. The summed E-state index contributed by atoms with van der Waals surface area (Å²) in [5, 5.41) is 11.8. The van der Waals surface area contributed by atoms with Gasteiger partial charge in [-0.15, -0.1) is 0 Å². The number of aromatic nitrogens is 1. The number of aryl methyl sites for hydroxylation is 1. The Morgan fingerprint density at radius 3 is 2.82 bits per heavy atom. The van der Waals surface area contributed by atoms with E-state index < -0.39 is 16.6 Å². The molecule has 0 bridgehead atoms. The van der Waals surface area contributed by atoms with Crippen LogP contribution in [-0.4, -0.2) is 27.9 Å². The first-order valence-corrected chi connectivity index (χ1v) is 9.33. The average Bonchev–Trinajstić information content (AvgIpc) is 3.01. The van der Waals surface area contributed by atoms with Crippen LogP contribution in [0.2, 0.25) is 5.02 Å². The molecule has 28 heavy (non-hydrogen) atoms. The van der Waals surface area contributed by atoms with Crippen molar-refractivity contribution in [2.75, 3.05) is 7.05 Å². The van der Waals surface area contributed by atoms with Gasteiger partial charge in [0.25, 0.3) is 5.69 Å². The van der Waals surface area contributed by atoms with Crippen LogP contribution in [0.3, 0.4) is 0 Å². The molecule has 0 spiro atoms. The third-order valence-corrected chi connectivity index (χ3v) is 5.83. The normalized spacial score (nSPS) is 16.5. The van der Waals surface area contributed by atoms with E-state index in [9.17, 15) is 18.9 Å². The summed E-state index contributed by atoms with van der Waals surface area (Å²) >= 11 is 6.21. The number of fused-ring (bicyclic) bond motifs is 3. The highest BCUT2D eigenvalue weighted by molar-refractivity contribution is 6.31. The molecule has 0 saturated heterocycles. The van der Waals surface area contributed by atoms with Crippen molar-refractivity contribution in [2.45, 2.75) is 31.8 Å². The fourth-order valence-corrected chi connectivity index (χ4v) is 4.21. The van der Waals surface area contributed by atoms with E-state index in [4.69, 9.17) is 11.6 Å². The molecule has 0 amide bonds. The second-order valence-corrected chi connectivity index (χ2v) is 7.64. The van der Waals surface area contributed by atoms with Crippen molar-refractivity contribution in [2.24, 2.45) is 0 Å². The molecule has 1 aliphatic rings. The number of hydrogen-bond acceptors (Lipinski definition) is 3. The summed E-state index contributed by atoms with van der Waals surface area (Å²) in [5.41, 5.74) is 3.02. The van der Waals surface area contributed by atoms with Crippen LogP contribution in [0.15, 0.2) is 30.3 Å². The Kier molecular flexibility index (Phi) is 4.81. The van der Waals surface area contributed by atoms with Crippen molar-refractivity contribution in [1.82, 2.24) is 9.88 Å². The molecule has 0 fully saturated rings. The summed E-state index contributed by atoms with van der Waals surface area (Å²) in [4.78, 5) is 15.6. The zero-order valence-corrected chi connectivity index (χ0v) is 15.9. The van der Waals surface area contributed by atoms with E-state index in [2.05, 4.69) is 9.88 Å². The standard InChI is InChI=1S/C20H18ClF2N3O2/c1-25(10-11-2-3-14(26(27)28)9-17(11)21)13-4-5-19-15(8-13)16-6-12(22)7-18(23)20(16)24-19/h2-3,6-7,9,13,24H,4-5,8,10H2,1H3.